The molecule has 9 nitrogen and oxygen atoms in total. The molecule has 0 aromatic rings. The Hall–Kier alpha value is -2.03. The van der Waals surface area contributed by atoms with Gasteiger partial charge in [-0.1, -0.05) is 0 Å². The van der Waals surface area contributed by atoms with Gasteiger partial charge in [-0.15, -0.1) is 0 Å². The second kappa shape index (κ2) is 8.72. The number of nitrogens with zero attached hydrogens (tertiary/aromatic N) is 1. The highest BCUT2D eigenvalue weighted by Gasteiger charge is 2.29. The number of rotatable bonds is 6. The van der Waals surface area contributed by atoms with Crippen LogP contribution in [-0.4, -0.2) is 59.0 Å². The van der Waals surface area contributed by atoms with E-state index in [4.69, 9.17) is 9.47 Å². The van der Waals surface area contributed by atoms with E-state index in [1.54, 1.807) is 41.5 Å². The van der Waals surface area contributed by atoms with Gasteiger partial charge < -0.3 is 14.6 Å². The molecule has 0 saturated carbocycles. The fourth-order valence-corrected chi connectivity index (χ4v) is 1.59. The Bertz CT molecular complexity index is 453. The molecule has 0 saturated heterocycles. The predicted octanol–water partition coefficient (Wildman–Crippen LogP) is 1.73. The minimum Gasteiger partial charge on any atom is -0.480 e. The van der Waals surface area contributed by atoms with Crippen molar-refractivity contribution < 1.29 is 29.0 Å². The molecule has 0 radical (unpaired) electrons. The lowest BCUT2D eigenvalue weighted by atomic mass is 10.2. The Balaban J connectivity index is 4.43. The normalized spacial score (nSPS) is 13.0. The van der Waals surface area contributed by atoms with Crippen LogP contribution in [0.25, 0.3) is 0 Å². The fraction of sp³-hybridized carbons (Fsp3) is 0.800. The predicted molar refractivity (Wildman–Crippen MR) is 87.4 cm³/mol. The molecule has 0 aromatic heterocycles. The van der Waals surface area contributed by atoms with Gasteiger partial charge in [0.2, 0.25) is 0 Å². The molecule has 140 valence electrons. The van der Waals surface area contributed by atoms with E-state index >= 15 is 0 Å². The van der Waals surface area contributed by atoms with Gasteiger partial charge in [-0.3, -0.25) is 10.3 Å². The zero-order chi connectivity index (χ0) is 19.1. The highest BCUT2D eigenvalue weighted by Crippen LogP contribution is 2.12. The number of nitrogens with one attached hydrogen (secondary N) is 2. The first-order valence-electron chi connectivity index (χ1n) is 7.63. The third kappa shape index (κ3) is 9.88. The fourth-order valence-electron chi connectivity index (χ4n) is 1.59. The first-order valence-corrected chi connectivity index (χ1v) is 7.63. The van der Waals surface area contributed by atoms with Crippen LogP contribution < -0.4 is 10.9 Å². The molecule has 0 fully saturated rings. The van der Waals surface area contributed by atoms with Crippen LogP contribution in [0, 0.1) is 0 Å². The van der Waals surface area contributed by atoms with Crippen LogP contribution in [0.5, 0.6) is 0 Å². The molecular formula is C15H29N3O6. The van der Waals surface area contributed by atoms with Crippen LogP contribution in [0.1, 0.15) is 48.0 Å². The van der Waals surface area contributed by atoms with Crippen molar-refractivity contribution in [3.05, 3.63) is 0 Å². The van der Waals surface area contributed by atoms with E-state index in [0.717, 1.165) is 4.90 Å². The summed E-state index contributed by atoms with van der Waals surface area (Å²) >= 11 is 0. The monoisotopic (exact) mass is 347 g/mol. The van der Waals surface area contributed by atoms with Crippen molar-refractivity contribution in [2.45, 2.75) is 65.2 Å². The maximum absolute atomic E-state index is 11.9. The van der Waals surface area contributed by atoms with Gasteiger partial charge in [0.05, 0.1) is 0 Å². The number of hydrogen-bond acceptors (Lipinski definition) is 6. The summed E-state index contributed by atoms with van der Waals surface area (Å²) < 4.78 is 10.2. The zero-order valence-electron chi connectivity index (χ0n) is 15.4. The van der Waals surface area contributed by atoms with Gasteiger partial charge in [-0.2, -0.15) is 0 Å². The van der Waals surface area contributed by atoms with E-state index in [-0.39, 0.29) is 13.0 Å². The molecule has 0 unspecified atom stereocenters. The molecule has 2 amide bonds. The van der Waals surface area contributed by atoms with E-state index in [9.17, 15) is 19.5 Å². The van der Waals surface area contributed by atoms with Crippen LogP contribution in [0.2, 0.25) is 0 Å². The van der Waals surface area contributed by atoms with Gasteiger partial charge in [-0.25, -0.2) is 19.8 Å². The summed E-state index contributed by atoms with van der Waals surface area (Å²) in [4.78, 5) is 35.7. The molecule has 0 aromatic carbocycles. The Labute approximate surface area is 142 Å². The summed E-state index contributed by atoms with van der Waals surface area (Å²) in [5, 5.41) is 9.26. The van der Waals surface area contributed by atoms with Crippen molar-refractivity contribution >= 4 is 18.2 Å². The lowest BCUT2D eigenvalue weighted by molar-refractivity contribution is -0.142. The molecule has 1 atom stereocenters. The van der Waals surface area contributed by atoms with E-state index in [1.807, 2.05) is 0 Å². The van der Waals surface area contributed by atoms with Crippen molar-refractivity contribution in [3.8, 4) is 0 Å². The number of carbonyl (C=O) groups is 3. The number of carbonyl (C=O) groups excluding carboxylic acids is 2. The molecule has 24 heavy (non-hydrogen) atoms. The van der Waals surface area contributed by atoms with E-state index < -0.39 is 35.4 Å². The maximum atomic E-state index is 11.9. The SMILES string of the molecule is CN(C(=O)OC(C)(C)C)[C@H](CCNNC(=O)OC(C)(C)C)C(=O)O. The van der Waals surface area contributed by atoms with Crippen molar-refractivity contribution in [1.82, 2.24) is 15.8 Å². The Morgan fingerprint density at radius 1 is 1.04 bits per heavy atom. The molecule has 0 aliphatic carbocycles. The third-order valence-electron chi connectivity index (χ3n) is 2.57. The summed E-state index contributed by atoms with van der Waals surface area (Å²) in [5.74, 6) is -1.16. The zero-order valence-corrected chi connectivity index (χ0v) is 15.4. The van der Waals surface area contributed by atoms with Crippen molar-refractivity contribution in [3.63, 3.8) is 0 Å². The highest BCUT2D eigenvalue weighted by atomic mass is 16.6. The third-order valence-corrected chi connectivity index (χ3v) is 2.57. The lowest BCUT2D eigenvalue weighted by Crippen LogP contribution is -2.48. The first kappa shape index (κ1) is 22.0. The molecular weight excluding hydrogens is 318 g/mol. The van der Waals surface area contributed by atoms with Crippen molar-refractivity contribution in [1.29, 1.82) is 0 Å². The van der Waals surface area contributed by atoms with E-state index in [0.29, 0.717) is 0 Å². The number of carboxylic acid groups (broad SMARTS) is 1. The summed E-state index contributed by atoms with van der Waals surface area (Å²) in [6, 6.07) is -1.09. The quantitative estimate of drug-likeness (QED) is 0.495. The smallest absolute Gasteiger partial charge is 0.422 e. The standard InChI is InChI=1S/C15H29N3O6/c1-14(2,3)23-12(21)17-16-9-8-10(11(19)20)18(7)13(22)24-15(4,5)6/h10,16H,8-9H2,1-7H3,(H,17,21)(H,19,20)/t10-/m1/s1. The highest BCUT2D eigenvalue weighted by molar-refractivity contribution is 5.80. The second-order valence-corrected chi connectivity index (χ2v) is 7.29. The van der Waals surface area contributed by atoms with Crippen LogP contribution >= 0.6 is 0 Å². The van der Waals surface area contributed by atoms with Gasteiger partial charge in [0.1, 0.15) is 17.2 Å². The topological polar surface area (TPSA) is 117 Å². The van der Waals surface area contributed by atoms with Crippen LogP contribution in [-0.2, 0) is 14.3 Å². The van der Waals surface area contributed by atoms with Crippen molar-refractivity contribution in [2.24, 2.45) is 0 Å². The molecule has 0 aliphatic rings. The van der Waals surface area contributed by atoms with Crippen LogP contribution in [0.15, 0.2) is 0 Å². The lowest BCUT2D eigenvalue weighted by Gasteiger charge is -2.28. The molecule has 0 aliphatic heterocycles. The number of amides is 2. The second-order valence-electron chi connectivity index (χ2n) is 7.29. The minimum atomic E-state index is -1.16. The van der Waals surface area contributed by atoms with Crippen LogP contribution in [0.4, 0.5) is 9.59 Å². The number of hydrogen-bond donors (Lipinski definition) is 3. The van der Waals surface area contributed by atoms with E-state index in [1.165, 1.54) is 7.05 Å². The number of ether oxygens (including phenoxy) is 2. The van der Waals surface area contributed by atoms with Gasteiger partial charge in [0.25, 0.3) is 0 Å². The summed E-state index contributed by atoms with van der Waals surface area (Å²) in [7, 11) is 1.36. The van der Waals surface area contributed by atoms with Gasteiger partial charge in [0.15, 0.2) is 0 Å². The number of likely N-dealkylation sites (N-methyl/N-ethyl adjacent to an activating group) is 1. The minimum absolute atomic E-state index is 0.0703. The number of aliphatic carboxylic acids is 1. The van der Waals surface area contributed by atoms with Crippen LogP contribution in [0.3, 0.4) is 0 Å². The summed E-state index contributed by atoms with van der Waals surface area (Å²) in [5.41, 5.74) is 3.52. The Kier molecular flexibility index (Phi) is 7.98. The van der Waals surface area contributed by atoms with Crippen molar-refractivity contribution in [2.75, 3.05) is 13.6 Å². The Morgan fingerprint density at radius 3 is 1.96 bits per heavy atom. The molecule has 0 rings (SSSR count). The number of carboxylic acids is 1. The van der Waals surface area contributed by atoms with Gasteiger partial charge in [0, 0.05) is 13.6 Å². The molecule has 0 spiro atoms. The summed E-state index contributed by atoms with van der Waals surface area (Å²) in [6.07, 6.45) is -1.33. The maximum Gasteiger partial charge on any atom is 0.422 e. The molecule has 9 heteroatoms. The first-order chi connectivity index (χ1) is 10.7. The largest absolute Gasteiger partial charge is 0.480 e. The van der Waals surface area contributed by atoms with Gasteiger partial charge >= 0.3 is 18.2 Å². The average Bonchev–Trinajstić information content (AvgIpc) is 2.33. The van der Waals surface area contributed by atoms with Gasteiger partial charge in [-0.05, 0) is 48.0 Å². The number of hydrazine groups is 1. The summed E-state index contributed by atoms with van der Waals surface area (Å²) in [6.45, 7) is 10.4. The molecule has 3 N–H and O–H groups in total. The molecule has 0 heterocycles. The van der Waals surface area contributed by atoms with E-state index in [2.05, 4.69) is 10.9 Å². The average molecular weight is 347 g/mol. The molecule has 0 bridgehead atoms. The Morgan fingerprint density at radius 2 is 1.54 bits per heavy atom.